The van der Waals surface area contributed by atoms with Gasteiger partial charge < -0.3 is 4.98 Å². The molecule has 0 amide bonds. The smallest absolute Gasteiger partial charge is 0.306 e. The molecule has 1 N–H and O–H groups in total. The summed E-state index contributed by atoms with van der Waals surface area (Å²) in [6, 6.07) is 15.1. The van der Waals surface area contributed by atoms with Gasteiger partial charge in [0, 0.05) is 23.5 Å². The highest BCUT2D eigenvalue weighted by atomic mass is 19.1. The third kappa shape index (κ3) is 3.07. The number of nitrogens with zero attached hydrogens (tertiary/aromatic N) is 2. The molecule has 2 aromatic carbocycles. The number of aromatic nitrogens is 3. The quantitative estimate of drug-likeness (QED) is 0.508. The predicted molar refractivity (Wildman–Crippen MR) is 118 cm³/mol. The molecule has 150 valence electrons. The van der Waals surface area contributed by atoms with Crippen LogP contribution in [0.4, 0.5) is 4.39 Å². The molecule has 0 radical (unpaired) electrons. The summed E-state index contributed by atoms with van der Waals surface area (Å²) < 4.78 is 15.7. The average molecular weight is 399 g/mol. The van der Waals surface area contributed by atoms with E-state index in [1.807, 2.05) is 44.2 Å². The average Bonchev–Trinajstić information content (AvgIpc) is 2.98. The van der Waals surface area contributed by atoms with E-state index in [0.717, 1.165) is 57.4 Å². The molecule has 2 aromatic heterocycles. The van der Waals surface area contributed by atoms with Gasteiger partial charge in [-0.1, -0.05) is 18.2 Å². The van der Waals surface area contributed by atoms with E-state index in [-0.39, 0.29) is 17.5 Å². The number of halogens is 1. The number of fused-ring (bicyclic) bond motifs is 3. The fourth-order valence-corrected chi connectivity index (χ4v) is 4.39. The molecule has 0 saturated carbocycles. The highest BCUT2D eigenvalue weighted by Gasteiger charge is 2.19. The summed E-state index contributed by atoms with van der Waals surface area (Å²) in [6.45, 7) is 3.99. The number of nitrogens with one attached hydrogen (secondary N) is 1. The minimum Gasteiger partial charge on any atom is -0.306 e. The van der Waals surface area contributed by atoms with Gasteiger partial charge in [-0.25, -0.2) is 9.18 Å². The third-order valence-corrected chi connectivity index (χ3v) is 5.74. The van der Waals surface area contributed by atoms with E-state index in [1.165, 1.54) is 6.07 Å². The largest absolute Gasteiger partial charge is 0.326 e. The number of benzene rings is 2. The van der Waals surface area contributed by atoms with E-state index in [0.29, 0.717) is 0 Å². The molecular weight excluding hydrogens is 377 g/mol. The second kappa shape index (κ2) is 7.10. The van der Waals surface area contributed by atoms with Gasteiger partial charge in [0.25, 0.3) is 0 Å². The number of H-pyrrole nitrogens is 1. The second-order valence-corrected chi connectivity index (χ2v) is 8.03. The Bertz CT molecular complexity index is 1360. The molecular formula is C25H22FN3O. The monoisotopic (exact) mass is 399 g/mol. The Hall–Kier alpha value is -3.47. The van der Waals surface area contributed by atoms with Crippen LogP contribution in [0.3, 0.4) is 0 Å². The van der Waals surface area contributed by atoms with Crippen molar-refractivity contribution in [3.63, 3.8) is 0 Å². The van der Waals surface area contributed by atoms with Crippen molar-refractivity contribution in [3.8, 4) is 0 Å². The highest BCUT2D eigenvalue weighted by Crippen LogP contribution is 2.34. The lowest BCUT2D eigenvalue weighted by Crippen LogP contribution is -2.18. The molecule has 5 rings (SSSR count). The van der Waals surface area contributed by atoms with Crippen LogP contribution in [-0.4, -0.2) is 14.5 Å². The lowest BCUT2D eigenvalue weighted by atomic mass is 9.93. The van der Waals surface area contributed by atoms with E-state index in [4.69, 9.17) is 0 Å². The van der Waals surface area contributed by atoms with Gasteiger partial charge in [-0.3, -0.25) is 9.55 Å². The summed E-state index contributed by atoms with van der Waals surface area (Å²) in [5, 5.41) is 0. The van der Waals surface area contributed by atoms with Crippen LogP contribution in [0, 0.1) is 5.82 Å². The summed E-state index contributed by atoms with van der Waals surface area (Å²) in [7, 11) is 0. The summed E-state index contributed by atoms with van der Waals surface area (Å²) in [5.74, 6) is -0.221. The van der Waals surface area contributed by atoms with Gasteiger partial charge >= 0.3 is 5.69 Å². The number of aryl methyl sites for hydroxylation is 2. The minimum atomic E-state index is -0.221. The lowest BCUT2D eigenvalue weighted by Gasteiger charge is -2.12. The molecule has 0 fully saturated rings. The van der Waals surface area contributed by atoms with Gasteiger partial charge in [0.1, 0.15) is 5.82 Å². The first-order chi connectivity index (χ1) is 14.5. The summed E-state index contributed by atoms with van der Waals surface area (Å²) in [5.41, 5.74) is 7.69. The molecule has 30 heavy (non-hydrogen) atoms. The number of hydrogen-bond donors (Lipinski definition) is 1. The Morgan fingerprint density at radius 3 is 2.80 bits per heavy atom. The van der Waals surface area contributed by atoms with Crippen molar-refractivity contribution < 1.29 is 4.39 Å². The van der Waals surface area contributed by atoms with Crippen LogP contribution >= 0.6 is 0 Å². The Labute approximate surface area is 173 Å². The van der Waals surface area contributed by atoms with Crippen LogP contribution in [0.15, 0.2) is 59.5 Å². The zero-order chi connectivity index (χ0) is 20.8. The van der Waals surface area contributed by atoms with E-state index in [2.05, 4.69) is 22.1 Å². The van der Waals surface area contributed by atoms with Crippen molar-refractivity contribution >= 4 is 22.7 Å². The number of imidazole rings is 1. The molecule has 0 unspecified atom stereocenters. The maximum atomic E-state index is 13.9. The SMILES string of the molecule is CC(C)n1c(=O)[nH]c2cc(C=C3c4ccc(F)cc4CCc4ncccc43)ccc21. The van der Waals surface area contributed by atoms with Crippen molar-refractivity contribution in [2.24, 2.45) is 0 Å². The van der Waals surface area contributed by atoms with Crippen molar-refractivity contribution in [2.45, 2.75) is 32.7 Å². The second-order valence-electron chi connectivity index (χ2n) is 8.03. The normalized spacial score (nSPS) is 14.7. The maximum Gasteiger partial charge on any atom is 0.326 e. The third-order valence-electron chi connectivity index (χ3n) is 5.74. The van der Waals surface area contributed by atoms with Crippen molar-refractivity contribution in [1.82, 2.24) is 14.5 Å². The van der Waals surface area contributed by atoms with Gasteiger partial charge in [-0.2, -0.15) is 0 Å². The van der Waals surface area contributed by atoms with Gasteiger partial charge in [0.2, 0.25) is 0 Å². The van der Waals surface area contributed by atoms with Gasteiger partial charge in [0.15, 0.2) is 0 Å². The number of hydrogen-bond acceptors (Lipinski definition) is 2. The van der Waals surface area contributed by atoms with E-state index in [9.17, 15) is 9.18 Å². The first-order valence-electron chi connectivity index (χ1n) is 10.2. The van der Waals surface area contributed by atoms with Crippen LogP contribution in [-0.2, 0) is 12.8 Å². The van der Waals surface area contributed by atoms with E-state index >= 15 is 0 Å². The molecule has 0 atom stereocenters. The van der Waals surface area contributed by atoms with E-state index in [1.54, 1.807) is 16.8 Å². The van der Waals surface area contributed by atoms with Crippen molar-refractivity contribution in [1.29, 1.82) is 0 Å². The number of rotatable bonds is 2. The molecule has 4 aromatic rings. The summed E-state index contributed by atoms with van der Waals surface area (Å²) in [4.78, 5) is 19.9. The lowest BCUT2D eigenvalue weighted by molar-refractivity contribution is 0.598. The Kier molecular flexibility index (Phi) is 4.39. The first kappa shape index (κ1) is 18.6. The Balaban J connectivity index is 1.72. The number of aromatic amines is 1. The fourth-order valence-electron chi connectivity index (χ4n) is 4.39. The van der Waals surface area contributed by atoms with Crippen molar-refractivity contribution in [3.05, 3.63) is 99.0 Å². The standard InChI is InChI=1S/C25H22FN3O/c1-15(2)29-24-10-5-16(13-23(24)28-25(29)30)12-21-19-8-7-18(26)14-17(19)6-9-22-20(21)4-3-11-27-22/h3-5,7-8,10-15H,6,9H2,1-2H3,(H,28,30). The zero-order valence-corrected chi connectivity index (χ0v) is 16.9. The maximum absolute atomic E-state index is 13.9. The first-order valence-corrected chi connectivity index (χ1v) is 10.2. The molecule has 4 nitrogen and oxygen atoms in total. The Morgan fingerprint density at radius 1 is 1.10 bits per heavy atom. The Morgan fingerprint density at radius 2 is 1.97 bits per heavy atom. The molecule has 0 spiro atoms. The minimum absolute atomic E-state index is 0.0806. The van der Waals surface area contributed by atoms with Gasteiger partial charge in [0.05, 0.1) is 11.0 Å². The molecule has 5 heteroatoms. The van der Waals surface area contributed by atoms with Gasteiger partial charge in [-0.15, -0.1) is 0 Å². The van der Waals surface area contributed by atoms with Crippen LogP contribution < -0.4 is 5.69 Å². The van der Waals surface area contributed by atoms with Crippen LogP contribution in [0.5, 0.6) is 0 Å². The van der Waals surface area contributed by atoms with E-state index < -0.39 is 0 Å². The van der Waals surface area contributed by atoms with Crippen LogP contribution in [0.1, 0.15) is 47.8 Å². The zero-order valence-electron chi connectivity index (χ0n) is 16.9. The van der Waals surface area contributed by atoms with Crippen molar-refractivity contribution in [2.75, 3.05) is 0 Å². The topological polar surface area (TPSA) is 50.7 Å². The molecule has 0 saturated heterocycles. The number of pyridine rings is 1. The fraction of sp³-hybridized carbons (Fsp3) is 0.200. The van der Waals surface area contributed by atoms with Gasteiger partial charge in [-0.05, 0) is 85.4 Å². The molecule has 1 aliphatic rings. The summed E-state index contributed by atoms with van der Waals surface area (Å²) in [6.07, 6.45) is 5.43. The van der Waals surface area contributed by atoms with Crippen LogP contribution in [0.25, 0.3) is 22.7 Å². The molecule has 0 bridgehead atoms. The molecule has 2 heterocycles. The van der Waals surface area contributed by atoms with Crippen LogP contribution in [0.2, 0.25) is 0 Å². The molecule has 1 aliphatic carbocycles. The molecule has 0 aliphatic heterocycles. The predicted octanol–water partition coefficient (Wildman–Crippen LogP) is 5.13. The summed E-state index contributed by atoms with van der Waals surface area (Å²) >= 11 is 0. The highest BCUT2D eigenvalue weighted by molar-refractivity contribution is 5.95.